The molecule has 3 N–H and O–H groups in total. The summed E-state index contributed by atoms with van der Waals surface area (Å²) in [7, 11) is 0. The number of rotatable bonds is 7. The van der Waals surface area contributed by atoms with Crippen LogP contribution in [0.2, 0.25) is 0 Å². The fourth-order valence-electron chi connectivity index (χ4n) is 1.20. The zero-order valence-electron chi connectivity index (χ0n) is 8.87. The Bertz CT molecular complexity index is 346. The van der Waals surface area contributed by atoms with Crippen LogP contribution < -0.4 is 5.32 Å². The maximum atomic E-state index is 8.92. The maximum Gasteiger partial charge on any atom is 0.141 e. The molecule has 0 aliphatic rings. The monoisotopic (exact) mass is 225 g/mol. The molecule has 0 aromatic carbocycles. The van der Waals surface area contributed by atoms with E-state index in [0.717, 1.165) is 0 Å². The summed E-state index contributed by atoms with van der Waals surface area (Å²) >= 11 is 0. The van der Waals surface area contributed by atoms with Gasteiger partial charge in [-0.15, -0.1) is 5.10 Å². The normalized spacial score (nSPS) is 12.3. The van der Waals surface area contributed by atoms with E-state index in [-0.39, 0.29) is 13.2 Å². The molecule has 1 unspecified atom stereocenters. The summed E-state index contributed by atoms with van der Waals surface area (Å²) in [5.41, 5.74) is 0.522. The Kier molecular flexibility index (Phi) is 5.42. The average Bonchev–Trinajstić information content (AvgIpc) is 2.74. The second-order valence-corrected chi connectivity index (χ2v) is 3.22. The van der Waals surface area contributed by atoms with Crippen molar-refractivity contribution in [3.05, 3.63) is 11.9 Å². The second kappa shape index (κ2) is 6.90. The van der Waals surface area contributed by atoms with Crippen LogP contribution in [-0.4, -0.2) is 45.0 Å². The van der Waals surface area contributed by atoms with E-state index in [1.165, 1.54) is 4.68 Å². The highest BCUT2D eigenvalue weighted by Crippen LogP contribution is 2.07. The maximum absolute atomic E-state index is 8.92. The first-order valence-corrected chi connectivity index (χ1v) is 5.06. The quantitative estimate of drug-likeness (QED) is 0.503. The van der Waals surface area contributed by atoms with Crippen molar-refractivity contribution < 1.29 is 10.2 Å². The van der Waals surface area contributed by atoms with Gasteiger partial charge in [-0.2, -0.15) is 5.26 Å². The second-order valence-electron chi connectivity index (χ2n) is 3.22. The van der Waals surface area contributed by atoms with Crippen LogP contribution in [0.15, 0.2) is 6.20 Å². The van der Waals surface area contributed by atoms with Crippen molar-refractivity contribution >= 4 is 0 Å². The van der Waals surface area contributed by atoms with Crippen LogP contribution in [0.25, 0.3) is 0 Å². The molecular weight excluding hydrogens is 210 g/mol. The lowest BCUT2D eigenvalue weighted by Gasteiger charge is -2.06. The zero-order chi connectivity index (χ0) is 11.8. The molecule has 0 aliphatic carbocycles. The smallest absolute Gasteiger partial charge is 0.141 e. The fourth-order valence-corrected chi connectivity index (χ4v) is 1.20. The third-order valence-corrected chi connectivity index (χ3v) is 1.99. The van der Waals surface area contributed by atoms with E-state index in [1.54, 1.807) is 6.20 Å². The Labute approximate surface area is 93.3 Å². The topological polar surface area (TPSA) is 107 Å². The molecule has 1 atom stereocenters. The van der Waals surface area contributed by atoms with Crippen LogP contribution in [-0.2, 0) is 6.54 Å². The van der Waals surface area contributed by atoms with Crippen LogP contribution in [0.5, 0.6) is 0 Å². The molecule has 0 saturated heterocycles. The number of hydrogen-bond acceptors (Lipinski definition) is 6. The minimum absolute atomic E-state index is 0.0159. The van der Waals surface area contributed by atoms with Gasteiger partial charge in [0.1, 0.15) is 11.7 Å². The van der Waals surface area contributed by atoms with Crippen LogP contribution in [0.4, 0.5) is 0 Å². The van der Waals surface area contributed by atoms with Crippen molar-refractivity contribution in [3.63, 3.8) is 0 Å². The molecule has 1 aromatic rings. The van der Waals surface area contributed by atoms with Crippen LogP contribution in [0, 0.1) is 11.3 Å². The van der Waals surface area contributed by atoms with Gasteiger partial charge in [0.05, 0.1) is 25.4 Å². The van der Waals surface area contributed by atoms with E-state index in [2.05, 4.69) is 21.7 Å². The largest absolute Gasteiger partial charge is 0.396 e. The van der Waals surface area contributed by atoms with Gasteiger partial charge in [0.2, 0.25) is 0 Å². The Balaban J connectivity index is 2.54. The molecule has 0 aliphatic heterocycles. The number of hydrogen-bond donors (Lipinski definition) is 3. The lowest BCUT2D eigenvalue weighted by molar-refractivity contribution is 0.268. The van der Waals surface area contributed by atoms with E-state index in [0.29, 0.717) is 25.2 Å². The molecular formula is C9H15N5O2. The Morgan fingerprint density at radius 2 is 2.31 bits per heavy atom. The zero-order valence-corrected chi connectivity index (χ0v) is 8.87. The molecule has 88 valence electrons. The third kappa shape index (κ3) is 3.58. The number of nitrogens with zero attached hydrogens (tertiary/aromatic N) is 4. The molecule has 0 fully saturated rings. The number of nitrogens with one attached hydrogen (secondary N) is 1. The lowest BCUT2D eigenvalue weighted by atomic mass is 10.2. The van der Waals surface area contributed by atoms with Gasteiger partial charge in [-0.05, 0) is 13.0 Å². The molecule has 16 heavy (non-hydrogen) atoms. The van der Waals surface area contributed by atoms with E-state index in [4.69, 9.17) is 15.5 Å². The highest BCUT2D eigenvalue weighted by Gasteiger charge is 2.13. The van der Waals surface area contributed by atoms with Crippen molar-refractivity contribution in [1.29, 1.82) is 5.26 Å². The molecule has 0 spiro atoms. The van der Waals surface area contributed by atoms with Crippen molar-refractivity contribution in [1.82, 2.24) is 20.3 Å². The number of aromatic nitrogens is 3. The number of aliphatic hydroxyl groups excluding tert-OH is 2. The molecule has 0 radical (unpaired) electrons. The van der Waals surface area contributed by atoms with E-state index in [1.807, 2.05) is 0 Å². The van der Waals surface area contributed by atoms with Gasteiger partial charge in [0, 0.05) is 6.61 Å². The summed E-state index contributed by atoms with van der Waals surface area (Å²) in [5, 5.41) is 36.8. The minimum Gasteiger partial charge on any atom is -0.396 e. The molecule has 7 nitrogen and oxygen atoms in total. The van der Waals surface area contributed by atoms with Gasteiger partial charge in [-0.25, -0.2) is 4.68 Å². The van der Waals surface area contributed by atoms with Crippen LogP contribution in [0.3, 0.4) is 0 Å². The van der Waals surface area contributed by atoms with E-state index < -0.39 is 6.04 Å². The SMILES string of the molecule is N#CC(NCCCO)c1cn(CCO)nn1. The van der Waals surface area contributed by atoms with Gasteiger partial charge < -0.3 is 10.2 Å². The first-order chi connectivity index (χ1) is 7.81. The van der Waals surface area contributed by atoms with E-state index in [9.17, 15) is 0 Å². The van der Waals surface area contributed by atoms with Crippen LogP contribution >= 0.6 is 0 Å². The molecule has 1 aromatic heterocycles. The highest BCUT2D eigenvalue weighted by atomic mass is 16.3. The molecule has 0 saturated carbocycles. The summed E-state index contributed by atoms with van der Waals surface area (Å²) < 4.78 is 1.48. The molecule has 1 rings (SSSR count). The molecule has 0 bridgehead atoms. The predicted octanol–water partition coefficient (Wildman–Crippen LogP) is -1.19. The summed E-state index contributed by atoms with van der Waals surface area (Å²) in [6, 6.07) is 1.53. The fraction of sp³-hybridized carbons (Fsp3) is 0.667. The van der Waals surface area contributed by atoms with Gasteiger partial charge in [0.15, 0.2) is 0 Å². The Morgan fingerprint density at radius 1 is 1.50 bits per heavy atom. The summed E-state index contributed by atoms with van der Waals surface area (Å²) in [6.45, 7) is 0.976. The van der Waals surface area contributed by atoms with Gasteiger partial charge >= 0.3 is 0 Å². The molecule has 7 heteroatoms. The highest BCUT2D eigenvalue weighted by molar-refractivity contribution is 5.10. The predicted molar refractivity (Wildman–Crippen MR) is 55.2 cm³/mol. The standard InChI is InChI=1S/C9H15N5O2/c10-6-8(11-2-1-4-15)9-7-14(3-5-16)13-12-9/h7-8,11,15-16H,1-5H2. The summed E-state index contributed by atoms with van der Waals surface area (Å²) in [6.07, 6.45) is 2.21. The summed E-state index contributed by atoms with van der Waals surface area (Å²) in [4.78, 5) is 0. The van der Waals surface area contributed by atoms with Crippen molar-refractivity contribution in [3.8, 4) is 6.07 Å². The summed E-state index contributed by atoms with van der Waals surface area (Å²) in [5.74, 6) is 0. The van der Waals surface area contributed by atoms with Gasteiger partial charge in [-0.3, -0.25) is 5.32 Å². The Hall–Kier alpha value is -1.49. The Morgan fingerprint density at radius 3 is 2.94 bits per heavy atom. The average molecular weight is 225 g/mol. The molecule has 1 heterocycles. The first-order valence-electron chi connectivity index (χ1n) is 5.06. The first kappa shape index (κ1) is 12.6. The van der Waals surface area contributed by atoms with Crippen LogP contribution in [0.1, 0.15) is 18.2 Å². The van der Waals surface area contributed by atoms with Crippen molar-refractivity contribution in [2.24, 2.45) is 0 Å². The van der Waals surface area contributed by atoms with E-state index >= 15 is 0 Å². The van der Waals surface area contributed by atoms with Crippen molar-refractivity contribution in [2.45, 2.75) is 19.0 Å². The molecule has 0 amide bonds. The number of nitriles is 1. The van der Waals surface area contributed by atoms with Crippen molar-refractivity contribution in [2.75, 3.05) is 19.8 Å². The van der Waals surface area contributed by atoms with Gasteiger partial charge in [-0.1, -0.05) is 5.21 Å². The minimum atomic E-state index is -0.529. The lowest BCUT2D eigenvalue weighted by Crippen LogP contribution is -2.22. The third-order valence-electron chi connectivity index (χ3n) is 1.99. The number of aliphatic hydroxyl groups is 2. The van der Waals surface area contributed by atoms with Gasteiger partial charge in [0.25, 0.3) is 0 Å².